The smallest absolute Gasteiger partial charge is 0.191 e. The molecule has 0 saturated carbocycles. The lowest BCUT2D eigenvalue weighted by molar-refractivity contribution is 0.221. The molecule has 0 unspecified atom stereocenters. The average Bonchev–Trinajstić information content (AvgIpc) is 3.19. The Balaban J connectivity index is 0.00000300. The zero-order chi connectivity index (χ0) is 19.8. The van der Waals surface area contributed by atoms with Crippen molar-refractivity contribution in [1.82, 2.24) is 20.5 Å². The van der Waals surface area contributed by atoms with Gasteiger partial charge in [0.25, 0.3) is 0 Å². The molecule has 2 heterocycles. The first-order valence-electron chi connectivity index (χ1n) is 10.0. The van der Waals surface area contributed by atoms with Gasteiger partial charge >= 0.3 is 0 Å². The fourth-order valence-electron chi connectivity index (χ4n) is 3.30. The highest BCUT2D eigenvalue weighted by molar-refractivity contribution is 14.0. The van der Waals surface area contributed by atoms with E-state index in [0.29, 0.717) is 6.54 Å². The highest BCUT2D eigenvalue weighted by Gasteiger charge is 2.10. The molecule has 0 spiro atoms. The summed E-state index contributed by atoms with van der Waals surface area (Å²) in [7, 11) is 5.81. The maximum absolute atomic E-state index is 4.59. The molecule has 0 bridgehead atoms. The topological polar surface area (TPSA) is 55.8 Å². The van der Waals surface area contributed by atoms with Crippen LogP contribution in [0, 0.1) is 0 Å². The Kier molecular flexibility index (Phi) is 10.2. The summed E-state index contributed by atoms with van der Waals surface area (Å²) in [5, 5.41) is 9.81. The Morgan fingerprint density at radius 2 is 1.72 bits per heavy atom. The highest BCUT2D eigenvalue weighted by Crippen LogP contribution is 2.17. The number of piperidine rings is 1. The molecule has 2 N–H and O–H groups in total. The fraction of sp³-hybridized carbons (Fsp3) is 0.524. The summed E-state index contributed by atoms with van der Waals surface area (Å²) in [5.41, 5.74) is 3.68. The van der Waals surface area contributed by atoms with Gasteiger partial charge in [-0.1, -0.05) is 30.7 Å². The third kappa shape index (κ3) is 7.75. The number of thiazole rings is 1. The first kappa shape index (κ1) is 23.9. The van der Waals surface area contributed by atoms with Crippen LogP contribution in [0.1, 0.15) is 36.1 Å². The number of guanidine groups is 1. The van der Waals surface area contributed by atoms with Gasteiger partial charge in [-0.25, -0.2) is 4.98 Å². The van der Waals surface area contributed by atoms with Gasteiger partial charge in [0.05, 0.1) is 12.2 Å². The Bertz CT molecular complexity index is 753. The lowest BCUT2D eigenvalue weighted by Gasteiger charge is -2.26. The number of hydrogen-bond acceptors (Lipinski definition) is 5. The van der Waals surface area contributed by atoms with Crippen LogP contribution in [0.5, 0.6) is 0 Å². The van der Waals surface area contributed by atoms with Crippen LogP contribution in [0.15, 0.2) is 34.6 Å². The minimum Gasteiger partial charge on any atom is -0.354 e. The van der Waals surface area contributed by atoms with E-state index in [1.54, 1.807) is 18.4 Å². The maximum atomic E-state index is 4.59. The molecule has 3 rings (SSSR count). The van der Waals surface area contributed by atoms with E-state index < -0.39 is 0 Å². The second-order valence-corrected chi connectivity index (χ2v) is 8.29. The first-order valence-corrected chi connectivity index (χ1v) is 10.9. The van der Waals surface area contributed by atoms with Gasteiger partial charge in [0.2, 0.25) is 0 Å². The predicted octanol–water partition coefficient (Wildman–Crippen LogP) is 3.68. The van der Waals surface area contributed by atoms with Crippen LogP contribution < -0.4 is 15.5 Å². The number of aromatic nitrogens is 1. The van der Waals surface area contributed by atoms with Crippen molar-refractivity contribution >= 4 is 46.4 Å². The summed E-state index contributed by atoms with van der Waals surface area (Å²) in [4.78, 5) is 13.5. The van der Waals surface area contributed by atoms with Gasteiger partial charge in [-0.3, -0.25) is 9.89 Å². The number of nitrogens with one attached hydrogen (secondary N) is 2. The Morgan fingerprint density at radius 3 is 2.34 bits per heavy atom. The normalized spacial score (nSPS) is 14.9. The molecule has 160 valence electrons. The van der Waals surface area contributed by atoms with Crippen molar-refractivity contribution in [2.75, 3.05) is 39.1 Å². The molecular weight excluding hydrogens is 495 g/mol. The molecule has 0 atom stereocenters. The van der Waals surface area contributed by atoms with Crippen molar-refractivity contribution in [1.29, 1.82) is 0 Å². The molecule has 0 radical (unpaired) electrons. The largest absolute Gasteiger partial charge is 0.354 e. The van der Waals surface area contributed by atoms with Gasteiger partial charge in [0.15, 0.2) is 11.1 Å². The van der Waals surface area contributed by atoms with Gasteiger partial charge in [-0.05, 0) is 37.1 Å². The van der Waals surface area contributed by atoms with E-state index in [4.69, 9.17) is 0 Å². The van der Waals surface area contributed by atoms with E-state index in [2.05, 4.69) is 55.2 Å². The monoisotopic (exact) mass is 528 g/mol. The molecule has 1 aliphatic rings. The van der Waals surface area contributed by atoms with Crippen LogP contribution in [0.2, 0.25) is 0 Å². The van der Waals surface area contributed by atoms with E-state index in [9.17, 15) is 0 Å². The van der Waals surface area contributed by atoms with Crippen LogP contribution in [-0.4, -0.2) is 50.1 Å². The third-order valence-corrected chi connectivity index (χ3v) is 5.98. The van der Waals surface area contributed by atoms with E-state index in [1.807, 2.05) is 19.0 Å². The minimum atomic E-state index is 0. The lowest BCUT2D eigenvalue weighted by atomic mass is 10.1. The summed E-state index contributed by atoms with van der Waals surface area (Å²) in [6.07, 6.45) is 4.06. The number of aliphatic imine (C=N–C) groups is 1. The molecule has 0 amide bonds. The summed E-state index contributed by atoms with van der Waals surface area (Å²) in [5.74, 6) is 0.789. The second-order valence-electron chi connectivity index (χ2n) is 7.45. The van der Waals surface area contributed by atoms with Crippen LogP contribution in [0.3, 0.4) is 0 Å². The third-order valence-electron chi connectivity index (χ3n) is 4.92. The van der Waals surface area contributed by atoms with Gasteiger partial charge in [0, 0.05) is 39.6 Å². The predicted molar refractivity (Wildman–Crippen MR) is 134 cm³/mol. The van der Waals surface area contributed by atoms with Gasteiger partial charge in [-0.15, -0.1) is 35.3 Å². The maximum Gasteiger partial charge on any atom is 0.191 e. The van der Waals surface area contributed by atoms with E-state index >= 15 is 0 Å². The SMILES string of the molecule is CN=C(NCc1ccc(CN2CCCCC2)cc1)NCc1csc(N(C)C)n1.I. The zero-order valence-electron chi connectivity index (χ0n) is 17.6. The van der Waals surface area contributed by atoms with Gasteiger partial charge in [0.1, 0.15) is 0 Å². The number of benzene rings is 1. The number of nitrogens with zero attached hydrogens (tertiary/aromatic N) is 4. The Morgan fingerprint density at radius 1 is 1.07 bits per heavy atom. The zero-order valence-corrected chi connectivity index (χ0v) is 20.8. The molecule has 1 aromatic heterocycles. The van der Waals surface area contributed by atoms with Crippen molar-refractivity contribution in [3.8, 4) is 0 Å². The van der Waals surface area contributed by atoms with E-state index in [0.717, 1.165) is 29.9 Å². The fourth-order valence-corrected chi connectivity index (χ4v) is 4.06. The number of anilines is 1. The van der Waals surface area contributed by atoms with Crippen molar-refractivity contribution in [3.63, 3.8) is 0 Å². The molecule has 2 aromatic rings. The van der Waals surface area contributed by atoms with Crippen molar-refractivity contribution in [2.45, 2.75) is 38.9 Å². The molecule has 1 saturated heterocycles. The lowest BCUT2D eigenvalue weighted by Crippen LogP contribution is -2.36. The molecule has 1 aromatic carbocycles. The molecule has 29 heavy (non-hydrogen) atoms. The molecule has 6 nitrogen and oxygen atoms in total. The quantitative estimate of drug-likeness (QED) is 0.326. The molecule has 0 aliphatic carbocycles. The number of hydrogen-bond donors (Lipinski definition) is 2. The van der Waals surface area contributed by atoms with E-state index in [1.165, 1.54) is 43.5 Å². The molecule has 1 fully saturated rings. The molecule has 1 aliphatic heterocycles. The molecule has 8 heteroatoms. The van der Waals surface area contributed by atoms with Gasteiger partial charge < -0.3 is 15.5 Å². The standard InChI is InChI=1S/C21H32N6S.HI/c1-22-20(24-14-19-16-28-21(25-19)26(2)3)23-13-17-7-9-18(10-8-17)15-27-11-5-4-6-12-27;/h7-10,16H,4-6,11-15H2,1-3H3,(H2,22,23,24);1H. The highest BCUT2D eigenvalue weighted by atomic mass is 127. The van der Waals surface area contributed by atoms with Gasteiger partial charge in [-0.2, -0.15) is 0 Å². The van der Waals surface area contributed by atoms with Crippen molar-refractivity contribution in [2.24, 2.45) is 4.99 Å². The van der Waals surface area contributed by atoms with Crippen LogP contribution in [0.4, 0.5) is 5.13 Å². The Labute approximate surface area is 195 Å². The number of likely N-dealkylation sites (tertiary alicyclic amines) is 1. The minimum absolute atomic E-state index is 0. The summed E-state index contributed by atoms with van der Waals surface area (Å²) in [6.45, 7) is 4.96. The summed E-state index contributed by atoms with van der Waals surface area (Å²) < 4.78 is 0. The van der Waals surface area contributed by atoms with E-state index in [-0.39, 0.29) is 24.0 Å². The van der Waals surface area contributed by atoms with Crippen LogP contribution in [0.25, 0.3) is 0 Å². The number of rotatable bonds is 7. The Hall–Kier alpha value is -1.39. The van der Waals surface area contributed by atoms with Crippen LogP contribution >= 0.6 is 35.3 Å². The average molecular weight is 529 g/mol. The summed E-state index contributed by atoms with van der Waals surface area (Å²) >= 11 is 1.65. The first-order chi connectivity index (χ1) is 13.6. The van der Waals surface area contributed by atoms with Crippen molar-refractivity contribution < 1.29 is 0 Å². The number of halogens is 1. The van der Waals surface area contributed by atoms with Crippen LogP contribution in [-0.2, 0) is 19.6 Å². The summed E-state index contributed by atoms with van der Waals surface area (Å²) in [6, 6.07) is 8.92. The molecular formula is C21H33IN6S. The second kappa shape index (κ2) is 12.3. The van der Waals surface area contributed by atoms with Crippen molar-refractivity contribution in [3.05, 3.63) is 46.5 Å².